The number of fused-ring (bicyclic) bond motifs is 3. The Labute approximate surface area is 138 Å². The number of aliphatic hydroxyl groups excluding tert-OH is 4. The zero-order valence-corrected chi connectivity index (χ0v) is 12.9. The second-order valence-electron chi connectivity index (χ2n) is 6.54. The van der Waals surface area contributed by atoms with E-state index in [1.807, 2.05) is 6.07 Å². The first-order valence-electron chi connectivity index (χ1n) is 8.01. The fraction of sp³-hybridized carbons (Fsp3) is 0.625. The van der Waals surface area contributed by atoms with E-state index in [-0.39, 0.29) is 0 Å². The van der Waals surface area contributed by atoms with Gasteiger partial charge in [0.2, 0.25) is 0 Å². The summed E-state index contributed by atoms with van der Waals surface area (Å²) in [5.41, 5.74) is 0.0774. The standard InChI is InChI=1S/C16H21NO7/c18-7-10-11(19)12(20)13(21)14(24-10)17-9-4-2-1-3-8(9)16(22)5-6-23-15(16)17/h1-4,10-15,18-22H,5-7H2/t10-,11-,12+,13-,14-,15-,16+/m0/s1. The van der Waals surface area contributed by atoms with Crippen molar-refractivity contribution in [3.63, 3.8) is 0 Å². The highest BCUT2D eigenvalue weighted by Crippen LogP contribution is 2.51. The van der Waals surface area contributed by atoms with E-state index in [0.717, 1.165) is 0 Å². The third-order valence-corrected chi connectivity index (χ3v) is 5.21. The number of rotatable bonds is 2. The maximum Gasteiger partial charge on any atom is 0.165 e. The molecular weight excluding hydrogens is 318 g/mol. The Bertz CT molecular complexity index is 626. The second-order valence-corrected chi connectivity index (χ2v) is 6.54. The van der Waals surface area contributed by atoms with Crippen molar-refractivity contribution in [2.45, 2.75) is 48.9 Å². The van der Waals surface area contributed by atoms with Crippen LogP contribution in [0.1, 0.15) is 12.0 Å². The Morgan fingerprint density at radius 3 is 2.62 bits per heavy atom. The molecule has 3 heterocycles. The molecule has 2 saturated heterocycles. The molecule has 2 fully saturated rings. The molecule has 0 bridgehead atoms. The van der Waals surface area contributed by atoms with Gasteiger partial charge in [-0.25, -0.2) is 0 Å². The van der Waals surface area contributed by atoms with Crippen molar-refractivity contribution in [2.24, 2.45) is 0 Å². The lowest BCUT2D eigenvalue weighted by molar-refractivity contribution is -0.235. The minimum atomic E-state index is -1.48. The molecular formula is C16H21NO7. The van der Waals surface area contributed by atoms with Crippen LogP contribution in [0.4, 0.5) is 5.69 Å². The van der Waals surface area contributed by atoms with Gasteiger partial charge in [-0.2, -0.15) is 0 Å². The van der Waals surface area contributed by atoms with Gasteiger partial charge < -0.3 is 39.9 Å². The van der Waals surface area contributed by atoms with E-state index >= 15 is 0 Å². The summed E-state index contributed by atoms with van der Waals surface area (Å²) in [5, 5.41) is 50.9. The van der Waals surface area contributed by atoms with Crippen LogP contribution in [-0.4, -0.2) is 75.6 Å². The maximum atomic E-state index is 11.0. The molecule has 3 aliphatic rings. The number of para-hydroxylation sites is 1. The first kappa shape index (κ1) is 16.2. The molecule has 0 unspecified atom stereocenters. The third kappa shape index (κ3) is 2.05. The van der Waals surface area contributed by atoms with Gasteiger partial charge in [0, 0.05) is 17.7 Å². The van der Waals surface area contributed by atoms with Crippen LogP contribution >= 0.6 is 0 Å². The molecule has 4 rings (SSSR count). The zero-order chi connectivity index (χ0) is 17.1. The van der Waals surface area contributed by atoms with Crippen molar-refractivity contribution in [3.05, 3.63) is 29.8 Å². The van der Waals surface area contributed by atoms with Crippen LogP contribution in [0.15, 0.2) is 24.3 Å². The van der Waals surface area contributed by atoms with Crippen LogP contribution in [0.5, 0.6) is 0 Å². The van der Waals surface area contributed by atoms with Gasteiger partial charge in [-0.1, -0.05) is 18.2 Å². The lowest BCUT2D eigenvalue weighted by atomic mass is 9.93. The topological polar surface area (TPSA) is 123 Å². The van der Waals surface area contributed by atoms with Crippen LogP contribution in [0.25, 0.3) is 0 Å². The summed E-state index contributed by atoms with van der Waals surface area (Å²) in [4.78, 5) is 1.59. The molecule has 0 amide bonds. The van der Waals surface area contributed by atoms with Gasteiger partial charge in [-0.3, -0.25) is 0 Å². The van der Waals surface area contributed by atoms with Crippen LogP contribution < -0.4 is 4.90 Å². The van der Waals surface area contributed by atoms with Crippen LogP contribution in [0.2, 0.25) is 0 Å². The predicted molar refractivity (Wildman–Crippen MR) is 80.9 cm³/mol. The van der Waals surface area contributed by atoms with Gasteiger partial charge in [-0.05, 0) is 6.07 Å². The smallest absolute Gasteiger partial charge is 0.165 e. The lowest BCUT2D eigenvalue weighted by Crippen LogP contribution is -2.65. The molecule has 132 valence electrons. The first-order valence-corrected chi connectivity index (χ1v) is 8.01. The molecule has 24 heavy (non-hydrogen) atoms. The Hall–Kier alpha value is -1.26. The number of hydrogen-bond donors (Lipinski definition) is 5. The van der Waals surface area contributed by atoms with Crippen molar-refractivity contribution >= 4 is 5.69 Å². The Morgan fingerprint density at radius 1 is 1.12 bits per heavy atom. The molecule has 8 heteroatoms. The average molecular weight is 339 g/mol. The highest BCUT2D eigenvalue weighted by atomic mass is 16.6. The first-order chi connectivity index (χ1) is 11.5. The van der Waals surface area contributed by atoms with Gasteiger partial charge in [0.15, 0.2) is 12.5 Å². The molecule has 3 aliphatic heterocycles. The van der Waals surface area contributed by atoms with E-state index in [0.29, 0.717) is 24.3 Å². The summed E-state index contributed by atoms with van der Waals surface area (Å²) >= 11 is 0. The van der Waals surface area contributed by atoms with Crippen molar-refractivity contribution < 1.29 is 35.0 Å². The van der Waals surface area contributed by atoms with Gasteiger partial charge in [0.1, 0.15) is 30.0 Å². The number of nitrogens with zero attached hydrogens (tertiary/aromatic N) is 1. The van der Waals surface area contributed by atoms with Crippen molar-refractivity contribution in [3.8, 4) is 0 Å². The summed E-state index contributed by atoms with van der Waals surface area (Å²) in [5.74, 6) is 0. The molecule has 0 saturated carbocycles. The normalized spacial score (nSPS) is 44.5. The summed E-state index contributed by atoms with van der Waals surface area (Å²) in [7, 11) is 0. The molecule has 1 aromatic carbocycles. The molecule has 1 aromatic rings. The fourth-order valence-corrected chi connectivity index (χ4v) is 3.94. The van der Waals surface area contributed by atoms with Gasteiger partial charge in [-0.15, -0.1) is 0 Å². The van der Waals surface area contributed by atoms with Gasteiger partial charge >= 0.3 is 0 Å². The minimum absolute atomic E-state index is 0.351. The molecule has 0 radical (unpaired) electrons. The second kappa shape index (κ2) is 5.63. The van der Waals surface area contributed by atoms with Crippen molar-refractivity contribution in [1.82, 2.24) is 0 Å². The largest absolute Gasteiger partial charge is 0.394 e. The summed E-state index contributed by atoms with van der Waals surface area (Å²) in [6, 6.07) is 7.17. The van der Waals surface area contributed by atoms with E-state index in [4.69, 9.17) is 9.47 Å². The SMILES string of the molecule is OC[C@@H]1O[C@H](N2c3ccccc3[C@]3(O)CCO[C@H]23)[C@@H](O)[C@H](O)[C@H]1O. The number of hydrogen-bond acceptors (Lipinski definition) is 8. The fourth-order valence-electron chi connectivity index (χ4n) is 3.94. The summed E-state index contributed by atoms with van der Waals surface area (Å²) in [6.45, 7) is -0.157. The number of aliphatic hydroxyl groups is 5. The van der Waals surface area contributed by atoms with E-state index < -0.39 is 49.1 Å². The average Bonchev–Trinajstić information content (AvgIpc) is 3.07. The summed E-state index contributed by atoms with van der Waals surface area (Å²) in [6.07, 6.45) is -6.79. The molecule has 0 aromatic heterocycles. The molecule has 8 nitrogen and oxygen atoms in total. The highest BCUT2D eigenvalue weighted by molar-refractivity contribution is 5.63. The molecule has 7 atom stereocenters. The van der Waals surface area contributed by atoms with E-state index in [1.54, 1.807) is 23.1 Å². The van der Waals surface area contributed by atoms with Gasteiger partial charge in [0.25, 0.3) is 0 Å². The minimum Gasteiger partial charge on any atom is -0.394 e. The Morgan fingerprint density at radius 2 is 1.88 bits per heavy atom. The van der Waals surface area contributed by atoms with Crippen molar-refractivity contribution in [2.75, 3.05) is 18.1 Å². The molecule has 5 N–H and O–H groups in total. The van der Waals surface area contributed by atoms with E-state index in [2.05, 4.69) is 0 Å². The third-order valence-electron chi connectivity index (χ3n) is 5.21. The Kier molecular flexibility index (Phi) is 3.81. The summed E-state index contributed by atoms with van der Waals surface area (Å²) < 4.78 is 11.3. The Balaban J connectivity index is 1.75. The molecule has 0 spiro atoms. The van der Waals surface area contributed by atoms with E-state index in [1.165, 1.54) is 0 Å². The highest BCUT2D eigenvalue weighted by Gasteiger charge is 2.59. The number of ether oxygens (including phenoxy) is 2. The quantitative estimate of drug-likeness (QED) is 0.429. The maximum absolute atomic E-state index is 11.0. The predicted octanol–water partition coefficient (Wildman–Crippen LogP) is -1.76. The molecule has 0 aliphatic carbocycles. The zero-order valence-electron chi connectivity index (χ0n) is 12.9. The van der Waals surface area contributed by atoms with Crippen LogP contribution in [0, 0.1) is 0 Å². The van der Waals surface area contributed by atoms with E-state index in [9.17, 15) is 25.5 Å². The lowest BCUT2D eigenvalue weighted by Gasteiger charge is -2.46. The van der Waals surface area contributed by atoms with Crippen LogP contribution in [-0.2, 0) is 15.1 Å². The number of benzene rings is 1. The van der Waals surface area contributed by atoms with Crippen LogP contribution in [0.3, 0.4) is 0 Å². The monoisotopic (exact) mass is 339 g/mol. The van der Waals surface area contributed by atoms with Gasteiger partial charge in [0.05, 0.1) is 13.2 Å². The number of anilines is 1. The van der Waals surface area contributed by atoms with Crippen molar-refractivity contribution in [1.29, 1.82) is 0 Å².